The molecule has 1 aliphatic rings. The second-order valence-corrected chi connectivity index (χ2v) is 4.08. The third kappa shape index (κ3) is 2.77. The van der Waals surface area contributed by atoms with Crippen molar-refractivity contribution in [3.8, 4) is 0 Å². The van der Waals surface area contributed by atoms with Gasteiger partial charge < -0.3 is 9.64 Å². The van der Waals surface area contributed by atoms with Gasteiger partial charge in [0.05, 0.1) is 13.2 Å². The van der Waals surface area contributed by atoms with Gasteiger partial charge in [-0.1, -0.05) is 30.3 Å². The van der Waals surface area contributed by atoms with Crippen LogP contribution in [0, 0.1) is 0 Å². The minimum Gasteiger partial charge on any atom is -0.462 e. The van der Waals surface area contributed by atoms with Crippen molar-refractivity contribution in [3.05, 3.63) is 47.7 Å². The first-order chi connectivity index (χ1) is 8.70. The molecule has 0 radical (unpaired) electrons. The second-order valence-electron chi connectivity index (χ2n) is 4.08. The summed E-state index contributed by atoms with van der Waals surface area (Å²) in [5.41, 5.74) is 1.25. The van der Waals surface area contributed by atoms with Crippen molar-refractivity contribution < 1.29 is 14.3 Å². The van der Waals surface area contributed by atoms with Crippen LogP contribution in [0.25, 0.3) is 0 Å². The number of esters is 1. The second kappa shape index (κ2) is 5.49. The number of Topliss-reactive ketones (excluding diaryl/α,β-unsaturated/α-hetero) is 1. The molecule has 0 amide bonds. The van der Waals surface area contributed by atoms with Gasteiger partial charge in [0.15, 0.2) is 5.78 Å². The van der Waals surface area contributed by atoms with Gasteiger partial charge in [0.25, 0.3) is 0 Å². The molecule has 0 N–H and O–H groups in total. The van der Waals surface area contributed by atoms with E-state index in [4.69, 9.17) is 4.74 Å². The third-order valence-electron chi connectivity index (χ3n) is 2.68. The number of hydrogen-bond acceptors (Lipinski definition) is 4. The molecular formula is C14H15NO3. The minimum atomic E-state index is -0.530. The Morgan fingerprint density at radius 3 is 2.72 bits per heavy atom. The number of carbonyl (C=O) groups is 2. The maximum atomic E-state index is 11.7. The van der Waals surface area contributed by atoms with Crippen LogP contribution in [0.2, 0.25) is 0 Å². The van der Waals surface area contributed by atoms with Crippen LogP contribution in [0.3, 0.4) is 0 Å². The molecule has 18 heavy (non-hydrogen) atoms. The predicted octanol–water partition coefficient (Wildman–Crippen LogP) is 1.52. The molecule has 0 atom stereocenters. The Balaban J connectivity index is 2.05. The zero-order chi connectivity index (χ0) is 13.0. The van der Waals surface area contributed by atoms with Crippen LogP contribution in [0.5, 0.6) is 0 Å². The first kappa shape index (κ1) is 12.4. The van der Waals surface area contributed by atoms with Gasteiger partial charge in [0.2, 0.25) is 0 Å². The van der Waals surface area contributed by atoms with Crippen LogP contribution in [0.1, 0.15) is 12.5 Å². The quantitative estimate of drug-likeness (QED) is 0.596. The minimum absolute atomic E-state index is 0.146. The van der Waals surface area contributed by atoms with Crippen molar-refractivity contribution in [1.82, 2.24) is 4.90 Å². The van der Waals surface area contributed by atoms with E-state index in [1.165, 1.54) is 0 Å². The Kier molecular flexibility index (Phi) is 3.77. The summed E-state index contributed by atoms with van der Waals surface area (Å²) < 4.78 is 4.84. The number of carbonyl (C=O) groups excluding carboxylic acids is 2. The molecule has 4 nitrogen and oxygen atoms in total. The van der Waals surface area contributed by atoms with Crippen molar-refractivity contribution in [2.24, 2.45) is 0 Å². The van der Waals surface area contributed by atoms with Crippen molar-refractivity contribution in [1.29, 1.82) is 0 Å². The number of rotatable bonds is 4. The number of nitrogens with zero attached hydrogens (tertiary/aromatic N) is 1. The van der Waals surface area contributed by atoms with Gasteiger partial charge in [0, 0.05) is 12.7 Å². The van der Waals surface area contributed by atoms with E-state index < -0.39 is 5.97 Å². The van der Waals surface area contributed by atoms with Crippen LogP contribution < -0.4 is 0 Å². The highest BCUT2D eigenvalue weighted by Crippen LogP contribution is 2.15. The van der Waals surface area contributed by atoms with Gasteiger partial charge in [-0.2, -0.15) is 0 Å². The summed E-state index contributed by atoms with van der Waals surface area (Å²) in [6.45, 7) is 2.86. The topological polar surface area (TPSA) is 46.6 Å². The van der Waals surface area contributed by atoms with Gasteiger partial charge in [-0.25, -0.2) is 4.79 Å². The molecule has 1 heterocycles. The Labute approximate surface area is 106 Å². The highest BCUT2D eigenvalue weighted by Gasteiger charge is 2.27. The van der Waals surface area contributed by atoms with E-state index >= 15 is 0 Å². The first-order valence-corrected chi connectivity index (χ1v) is 5.91. The van der Waals surface area contributed by atoms with Crippen LogP contribution >= 0.6 is 0 Å². The molecule has 94 valence electrons. The van der Waals surface area contributed by atoms with Crippen LogP contribution in [0.4, 0.5) is 0 Å². The van der Waals surface area contributed by atoms with Gasteiger partial charge in [-0.15, -0.1) is 0 Å². The van der Waals surface area contributed by atoms with Crippen molar-refractivity contribution >= 4 is 11.8 Å². The molecule has 0 saturated heterocycles. The third-order valence-corrected chi connectivity index (χ3v) is 2.68. The van der Waals surface area contributed by atoms with E-state index in [-0.39, 0.29) is 24.5 Å². The Morgan fingerprint density at radius 1 is 1.33 bits per heavy atom. The van der Waals surface area contributed by atoms with Gasteiger partial charge >= 0.3 is 5.97 Å². The van der Waals surface area contributed by atoms with E-state index in [0.717, 1.165) is 5.56 Å². The monoisotopic (exact) mass is 245 g/mol. The maximum absolute atomic E-state index is 11.7. The lowest BCUT2D eigenvalue weighted by molar-refractivity contribution is -0.139. The lowest BCUT2D eigenvalue weighted by Gasteiger charge is -2.13. The van der Waals surface area contributed by atoms with E-state index in [2.05, 4.69) is 0 Å². The molecule has 1 aromatic rings. The fourth-order valence-corrected chi connectivity index (χ4v) is 1.86. The van der Waals surface area contributed by atoms with E-state index in [1.807, 2.05) is 35.2 Å². The van der Waals surface area contributed by atoms with Crippen LogP contribution in [-0.2, 0) is 20.9 Å². The molecule has 4 heteroatoms. The molecular weight excluding hydrogens is 230 g/mol. The highest BCUT2D eigenvalue weighted by atomic mass is 16.5. The molecule has 0 bridgehead atoms. The van der Waals surface area contributed by atoms with Crippen molar-refractivity contribution in [2.45, 2.75) is 13.5 Å². The van der Waals surface area contributed by atoms with Crippen molar-refractivity contribution in [2.75, 3.05) is 13.2 Å². The maximum Gasteiger partial charge on any atom is 0.343 e. The summed E-state index contributed by atoms with van der Waals surface area (Å²) in [6, 6.07) is 9.81. The molecule has 0 saturated carbocycles. The molecule has 0 fully saturated rings. The van der Waals surface area contributed by atoms with Crippen molar-refractivity contribution in [3.63, 3.8) is 0 Å². The molecule has 1 aromatic carbocycles. The number of ether oxygens (including phenoxy) is 1. The largest absolute Gasteiger partial charge is 0.462 e. The van der Waals surface area contributed by atoms with E-state index in [1.54, 1.807) is 13.1 Å². The van der Waals surface area contributed by atoms with Gasteiger partial charge in [0.1, 0.15) is 5.57 Å². The smallest absolute Gasteiger partial charge is 0.343 e. The molecule has 2 rings (SSSR count). The molecule has 0 aromatic heterocycles. The van der Waals surface area contributed by atoms with Crippen LogP contribution in [0.15, 0.2) is 42.1 Å². The predicted molar refractivity (Wildman–Crippen MR) is 66.6 cm³/mol. The molecule has 0 spiro atoms. The molecule has 1 aliphatic heterocycles. The highest BCUT2D eigenvalue weighted by molar-refractivity contribution is 6.19. The Bertz CT molecular complexity index is 479. The lowest BCUT2D eigenvalue weighted by atomic mass is 10.2. The van der Waals surface area contributed by atoms with Gasteiger partial charge in [-0.3, -0.25) is 4.79 Å². The summed E-state index contributed by atoms with van der Waals surface area (Å²) in [7, 11) is 0. The summed E-state index contributed by atoms with van der Waals surface area (Å²) in [6.07, 6.45) is 1.59. The lowest BCUT2D eigenvalue weighted by Crippen LogP contribution is -2.19. The number of benzene rings is 1. The first-order valence-electron chi connectivity index (χ1n) is 5.91. The summed E-state index contributed by atoms with van der Waals surface area (Å²) in [5, 5.41) is 0. The van der Waals surface area contributed by atoms with E-state index in [9.17, 15) is 9.59 Å². The SMILES string of the molecule is CCOC(=O)C1=CN(Cc2ccccc2)CC1=O. The zero-order valence-electron chi connectivity index (χ0n) is 10.3. The Morgan fingerprint density at radius 2 is 2.06 bits per heavy atom. The standard InChI is InChI=1S/C14H15NO3/c1-2-18-14(17)12-9-15(10-13(12)16)8-11-6-4-3-5-7-11/h3-7,9H,2,8,10H2,1H3. The normalized spacial score (nSPS) is 14.6. The summed E-state index contributed by atoms with van der Waals surface area (Å²) in [5.74, 6) is -0.706. The summed E-state index contributed by atoms with van der Waals surface area (Å²) in [4.78, 5) is 25.0. The zero-order valence-corrected chi connectivity index (χ0v) is 10.3. The average molecular weight is 245 g/mol. The van der Waals surface area contributed by atoms with E-state index in [0.29, 0.717) is 6.54 Å². The fraction of sp³-hybridized carbons (Fsp3) is 0.286. The fourth-order valence-electron chi connectivity index (χ4n) is 1.86. The molecule has 0 aliphatic carbocycles. The van der Waals surface area contributed by atoms with Gasteiger partial charge in [-0.05, 0) is 12.5 Å². The number of hydrogen-bond donors (Lipinski definition) is 0. The van der Waals surface area contributed by atoms with Crippen LogP contribution in [-0.4, -0.2) is 29.8 Å². The average Bonchev–Trinajstić information content (AvgIpc) is 2.72. The number of ketones is 1. The Hall–Kier alpha value is -2.10. The molecule has 0 unspecified atom stereocenters. The summed E-state index contributed by atoms with van der Waals surface area (Å²) >= 11 is 0.